The van der Waals surface area contributed by atoms with Crippen molar-refractivity contribution in [2.75, 3.05) is 47.1 Å². The number of anilines is 3. The van der Waals surface area contributed by atoms with Gasteiger partial charge in [0, 0.05) is 37.5 Å². The van der Waals surface area contributed by atoms with E-state index in [2.05, 4.69) is 30.4 Å². The predicted molar refractivity (Wildman–Crippen MR) is 181 cm³/mol. The molecule has 258 valence electrons. The topological polar surface area (TPSA) is 188 Å². The Morgan fingerprint density at radius 1 is 1.10 bits per heavy atom. The summed E-state index contributed by atoms with van der Waals surface area (Å²) in [5, 5.41) is 24.2. The maximum atomic E-state index is 13.3. The minimum atomic E-state index is -3.94. The van der Waals surface area contributed by atoms with Gasteiger partial charge in [-0.15, -0.1) is 4.68 Å². The lowest BCUT2D eigenvalue weighted by molar-refractivity contribution is -0.393. The number of morpholine rings is 1. The molecular weight excluding hydrogens is 654 g/mol. The number of pyridine rings is 2. The third-order valence-electron chi connectivity index (χ3n) is 9.04. The van der Waals surface area contributed by atoms with Crippen LogP contribution in [0.2, 0.25) is 0 Å². The van der Waals surface area contributed by atoms with Crippen molar-refractivity contribution in [3.8, 4) is 5.88 Å². The molecule has 1 N–H and O–H groups in total. The van der Waals surface area contributed by atoms with Crippen LogP contribution in [0, 0.1) is 10.1 Å². The zero-order chi connectivity index (χ0) is 34.3. The maximum absolute atomic E-state index is 13.3. The maximum Gasteiger partial charge on any atom is 0.349 e. The van der Waals surface area contributed by atoms with Crippen LogP contribution in [0.25, 0.3) is 16.6 Å². The summed E-state index contributed by atoms with van der Waals surface area (Å²) < 4.78 is 42.7. The number of nitro groups is 1. The Labute approximate surface area is 282 Å². The van der Waals surface area contributed by atoms with Gasteiger partial charge in [0.25, 0.3) is 0 Å². The minimum absolute atomic E-state index is 0.134. The average molecular weight is 692 g/mol. The average Bonchev–Trinajstić information content (AvgIpc) is 3.72. The van der Waals surface area contributed by atoms with Gasteiger partial charge in [-0.25, -0.2) is 17.9 Å². The van der Waals surface area contributed by atoms with E-state index in [1.54, 1.807) is 23.7 Å². The normalized spacial score (nSPS) is 19.2. The van der Waals surface area contributed by atoms with E-state index in [0.29, 0.717) is 48.9 Å². The van der Waals surface area contributed by atoms with Crippen molar-refractivity contribution in [1.29, 1.82) is 0 Å². The molecule has 1 saturated heterocycles. The van der Waals surface area contributed by atoms with Crippen molar-refractivity contribution < 1.29 is 22.8 Å². The summed E-state index contributed by atoms with van der Waals surface area (Å²) in [7, 11) is -2.50. The van der Waals surface area contributed by atoms with Gasteiger partial charge in [-0.05, 0) is 49.7 Å². The van der Waals surface area contributed by atoms with Gasteiger partial charge in [0.15, 0.2) is 5.65 Å². The Balaban J connectivity index is 1.18. The van der Waals surface area contributed by atoms with Crippen molar-refractivity contribution in [1.82, 2.24) is 34.3 Å². The second kappa shape index (κ2) is 13.1. The van der Waals surface area contributed by atoms with Crippen LogP contribution in [0.15, 0.2) is 49.1 Å². The summed E-state index contributed by atoms with van der Waals surface area (Å²) in [6.45, 7) is 4.06. The number of hydrogen-bond donors (Lipinski definition) is 1. The summed E-state index contributed by atoms with van der Waals surface area (Å²) in [6.07, 6.45) is 10.5. The number of hydrogen-bond acceptors (Lipinski definition) is 13. The van der Waals surface area contributed by atoms with E-state index in [9.17, 15) is 18.5 Å². The second-order valence-electron chi connectivity index (χ2n) is 12.4. The zero-order valence-corrected chi connectivity index (χ0v) is 28.2. The lowest BCUT2D eigenvalue weighted by Gasteiger charge is -2.31. The van der Waals surface area contributed by atoms with Gasteiger partial charge in [-0.3, -0.25) is 9.29 Å². The third kappa shape index (κ3) is 6.65. The first-order valence-electron chi connectivity index (χ1n) is 16.1. The fourth-order valence-electron chi connectivity index (χ4n) is 6.61. The third-order valence-corrected chi connectivity index (χ3v) is 10.3. The van der Waals surface area contributed by atoms with Crippen LogP contribution < -0.4 is 19.3 Å². The Kier molecular flexibility index (Phi) is 8.66. The molecule has 2 aliphatic rings. The minimum Gasteiger partial charge on any atom is -0.474 e. The predicted octanol–water partition coefficient (Wildman–Crippen LogP) is 3.48. The Morgan fingerprint density at radius 3 is 2.61 bits per heavy atom. The quantitative estimate of drug-likeness (QED) is 0.166. The largest absolute Gasteiger partial charge is 0.474 e. The van der Waals surface area contributed by atoms with Gasteiger partial charge in [0.2, 0.25) is 15.9 Å². The molecule has 17 nitrogen and oxygen atoms in total. The summed E-state index contributed by atoms with van der Waals surface area (Å²) >= 11 is 0. The van der Waals surface area contributed by atoms with Crippen molar-refractivity contribution in [2.24, 2.45) is 7.05 Å². The molecule has 1 unspecified atom stereocenters. The van der Waals surface area contributed by atoms with E-state index in [1.807, 2.05) is 24.4 Å². The second-order valence-corrected chi connectivity index (χ2v) is 14.2. The smallest absolute Gasteiger partial charge is 0.349 e. The molecule has 5 aromatic heterocycles. The van der Waals surface area contributed by atoms with E-state index in [-0.39, 0.29) is 29.2 Å². The molecule has 1 aliphatic heterocycles. The Morgan fingerprint density at radius 2 is 1.88 bits per heavy atom. The molecule has 0 spiro atoms. The molecular formula is C31H37N11O6S. The molecule has 6 heterocycles. The van der Waals surface area contributed by atoms with Crippen molar-refractivity contribution in [2.45, 2.75) is 50.8 Å². The monoisotopic (exact) mass is 691 g/mol. The van der Waals surface area contributed by atoms with Crippen LogP contribution in [0.5, 0.6) is 5.88 Å². The van der Waals surface area contributed by atoms with Gasteiger partial charge in [0.05, 0.1) is 66.3 Å². The molecule has 7 rings (SSSR count). The lowest BCUT2D eigenvalue weighted by Crippen LogP contribution is -2.37. The number of ether oxygens (including phenoxy) is 2. The molecule has 18 heteroatoms. The van der Waals surface area contributed by atoms with Gasteiger partial charge >= 0.3 is 5.82 Å². The molecule has 49 heavy (non-hydrogen) atoms. The first-order chi connectivity index (χ1) is 23.5. The fraction of sp³-hybridized carbons (Fsp3) is 0.452. The van der Waals surface area contributed by atoms with Crippen molar-refractivity contribution >= 4 is 49.7 Å². The van der Waals surface area contributed by atoms with Crippen LogP contribution >= 0.6 is 0 Å². The molecule has 5 aromatic rings. The first kappa shape index (κ1) is 32.4. The van der Waals surface area contributed by atoms with E-state index < -0.39 is 21.0 Å². The van der Waals surface area contributed by atoms with Crippen molar-refractivity contribution in [3.63, 3.8) is 0 Å². The van der Waals surface area contributed by atoms with Gasteiger partial charge in [-0.1, -0.05) is 5.10 Å². The summed E-state index contributed by atoms with van der Waals surface area (Å²) in [5.41, 5.74) is 1.74. The van der Waals surface area contributed by atoms with Crippen LogP contribution in [0.4, 0.5) is 23.1 Å². The number of fused-ring (bicyclic) bond motifs is 2. The van der Waals surface area contributed by atoms with Crippen molar-refractivity contribution in [3.05, 3.63) is 64.7 Å². The van der Waals surface area contributed by atoms with E-state index in [1.165, 1.54) is 19.4 Å². The summed E-state index contributed by atoms with van der Waals surface area (Å²) in [4.78, 5) is 27.6. The molecule has 0 bridgehead atoms. The number of aromatic nitrogens is 7. The molecule has 1 aliphatic carbocycles. The van der Waals surface area contributed by atoms with E-state index >= 15 is 0 Å². The molecule has 2 fully saturated rings. The fourth-order valence-corrected chi connectivity index (χ4v) is 7.78. The molecule has 0 aromatic carbocycles. The van der Waals surface area contributed by atoms with Crippen LogP contribution in [0.1, 0.15) is 44.2 Å². The molecule has 0 radical (unpaired) electrons. The standard InChI is InChI=1S/C31H37N11O6S/c1-20(25-19-34-38(2)31(25)42(43)44)41(49(3,45)46)22-16-24-26(32-18-22)17-29(39-12-14-47-15-13-39)37-30(24)48-23-6-4-21(5-7-23)35-27-9-11-40-28(36-27)8-10-33-40/h8-11,16-21,23H,4-7,12-15H2,1-3H3,(H,35,36). The number of nitrogens with one attached hydrogen (secondary N) is 1. The zero-order valence-electron chi connectivity index (χ0n) is 27.3. The Hall–Kier alpha value is -5.10. The highest BCUT2D eigenvalue weighted by atomic mass is 32.2. The number of sulfonamides is 1. The Bertz CT molecular complexity index is 2110. The molecule has 1 saturated carbocycles. The van der Waals surface area contributed by atoms with Crippen LogP contribution in [-0.4, -0.2) is 92.4 Å². The van der Waals surface area contributed by atoms with Crippen LogP contribution in [0.3, 0.4) is 0 Å². The van der Waals surface area contributed by atoms with Gasteiger partial charge in [-0.2, -0.15) is 10.1 Å². The SMILES string of the molecule is CC(c1cnn(C)c1[N+](=O)[O-])N(c1cnc2cc(N3CCOCC3)nc(OC3CCC(Nc4ccn5nccc5n4)CC3)c2c1)S(C)(=O)=O. The highest BCUT2D eigenvalue weighted by molar-refractivity contribution is 7.92. The highest BCUT2D eigenvalue weighted by Gasteiger charge is 2.33. The summed E-state index contributed by atoms with van der Waals surface area (Å²) in [5.74, 6) is 1.55. The molecule has 1 atom stereocenters. The van der Waals surface area contributed by atoms with Gasteiger partial charge in [0.1, 0.15) is 24.8 Å². The van der Waals surface area contributed by atoms with Crippen LogP contribution in [-0.2, 0) is 21.8 Å². The van der Waals surface area contributed by atoms with E-state index in [4.69, 9.17) is 14.5 Å². The first-order valence-corrected chi connectivity index (χ1v) is 17.9. The van der Waals surface area contributed by atoms with Gasteiger partial charge < -0.3 is 29.8 Å². The molecule has 0 amide bonds. The summed E-state index contributed by atoms with van der Waals surface area (Å²) in [6, 6.07) is 6.57. The lowest BCUT2D eigenvalue weighted by atomic mass is 9.93. The number of aryl methyl sites for hydroxylation is 1. The highest BCUT2D eigenvalue weighted by Crippen LogP contribution is 2.38. The van der Waals surface area contributed by atoms with E-state index in [0.717, 1.165) is 52.4 Å². The number of rotatable bonds is 10. The number of nitrogens with zero attached hydrogens (tertiary/aromatic N) is 10.